The molecule has 2 aromatic carbocycles. The van der Waals surface area contributed by atoms with Crippen molar-refractivity contribution in [2.24, 2.45) is 0 Å². The number of carbonyl (C=O) groups is 1. The molecule has 0 aliphatic heterocycles. The number of hydrogen-bond acceptors (Lipinski definition) is 6. The lowest BCUT2D eigenvalue weighted by Crippen LogP contribution is -2.09. The van der Waals surface area contributed by atoms with Crippen LogP contribution < -0.4 is 9.47 Å². The van der Waals surface area contributed by atoms with Crippen molar-refractivity contribution >= 4 is 11.7 Å². The monoisotopic (exact) mass is 331 g/mol. The lowest BCUT2D eigenvalue weighted by Gasteiger charge is -2.14. The van der Waals surface area contributed by atoms with E-state index in [0.717, 1.165) is 5.56 Å². The highest BCUT2D eigenvalue weighted by atomic mass is 16.6. The molecule has 0 atom stereocenters. The Hall–Kier alpha value is -3.09. The van der Waals surface area contributed by atoms with Crippen LogP contribution in [0.25, 0.3) is 11.1 Å². The van der Waals surface area contributed by atoms with Gasteiger partial charge < -0.3 is 14.2 Å². The number of benzene rings is 2. The molecule has 0 heterocycles. The Kier molecular flexibility index (Phi) is 5.03. The predicted molar refractivity (Wildman–Crippen MR) is 87.7 cm³/mol. The van der Waals surface area contributed by atoms with Gasteiger partial charge in [0.25, 0.3) is 0 Å². The van der Waals surface area contributed by atoms with E-state index in [0.29, 0.717) is 16.9 Å². The van der Waals surface area contributed by atoms with E-state index in [2.05, 4.69) is 0 Å². The van der Waals surface area contributed by atoms with Gasteiger partial charge in [-0.2, -0.15) is 0 Å². The first kappa shape index (κ1) is 17.3. The van der Waals surface area contributed by atoms with Gasteiger partial charge >= 0.3 is 11.7 Å². The quantitative estimate of drug-likeness (QED) is 0.474. The third-order valence-corrected chi connectivity index (χ3v) is 3.58. The fraction of sp³-hybridized carbons (Fsp3) is 0.235. The summed E-state index contributed by atoms with van der Waals surface area (Å²) in [4.78, 5) is 23.1. The molecule has 0 N–H and O–H groups in total. The van der Waals surface area contributed by atoms with E-state index in [-0.39, 0.29) is 11.3 Å². The number of nitrogens with zero attached hydrogens (tertiary/aromatic N) is 1. The summed E-state index contributed by atoms with van der Waals surface area (Å²) in [6, 6.07) is 8.40. The number of rotatable bonds is 5. The summed E-state index contributed by atoms with van der Waals surface area (Å²) in [5, 5.41) is 11.5. The van der Waals surface area contributed by atoms with Crippen LogP contribution in [0, 0.1) is 17.0 Å². The standard InChI is InChI=1S/C17H17NO6/c1-10-5-7-13(22-2)12(9-10)11-6-8-14(23-3)16(18(20)21)15(11)17(19)24-4/h5-9H,1-4H3. The van der Waals surface area contributed by atoms with Crippen molar-refractivity contribution in [2.45, 2.75) is 6.92 Å². The second-order valence-electron chi connectivity index (χ2n) is 4.99. The second kappa shape index (κ2) is 6.99. The Morgan fingerprint density at radius 2 is 1.62 bits per heavy atom. The Morgan fingerprint density at radius 3 is 2.17 bits per heavy atom. The molecule has 0 aromatic heterocycles. The zero-order chi connectivity index (χ0) is 17.9. The van der Waals surface area contributed by atoms with Gasteiger partial charge in [0.2, 0.25) is 0 Å². The normalized spacial score (nSPS) is 10.2. The fourth-order valence-corrected chi connectivity index (χ4v) is 2.48. The van der Waals surface area contributed by atoms with Crippen molar-refractivity contribution in [3.05, 3.63) is 51.6 Å². The first-order valence-electron chi connectivity index (χ1n) is 7.03. The zero-order valence-electron chi connectivity index (χ0n) is 13.8. The van der Waals surface area contributed by atoms with Crippen molar-refractivity contribution in [1.29, 1.82) is 0 Å². The third kappa shape index (κ3) is 3.01. The molecule has 0 aliphatic rings. The first-order valence-corrected chi connectivity index (χ1v) is 7.03. The molecular weight excluding hydrogens is 314 g/mol. The average Bonchev–Trinajstić information content (AvgIpc) is 2.59. The molecule has 0 bridgehead atoms. The van der Waals surface area contributed by atoms with Gasteiger partial charge in [-0.1, -0.05) is 11.6 Å². The summed E-state index contributed by atoms with van der Waals surface area (Å²) in [6.45, 7) is 1.87. The maximum atomic E-state index is 12.3. The highest BCUT2D eigenvalue weighted by Crippen LogP contribution is 2.41. The van der Waals surface area contributed by atoms with Crippen LogP contribution in [-0.2, 0) is 4.74 Å². The number of esters is 1. The van der Waals surface area contributed by atoms with Gasteiger partial charge in [0.15, 0.2) is 5.75 Å². The van der Waals surface area contributed by atoms with E-state index in [1.807, 2.05) is 13.0 Å². The number of hydrogen-bond donors (Lipinski definition) is 0. The van der Waals surface area contributed by atoms with Gasteiger partial charge in [-0.3, -0.25) is 10.1 Å². The second-order valence-corrected chi connectivity index (χ2v) is 4.99. The number of ether oxygens (including phenoxy) is 3. The van der Waals surface area contributed by atoms with Gasteiger partial charge in [0, 0.05) is 11.1 Å². The predicted octanol–water partition coefficient (Wildman–Crippen LogP) is 3.37. The maximum Gasteiger partial charge on any atom is 0.345 e. The molecule has 7 nitrogen and oxygen atoms in total. The number of nitro benzene ring substituents is 1. The van der Waals surface area contributed by atoms with Gasteiger partial charge in [0.05, 0.1) is 26.3 Å². The molecule has 7 heteroatoms. The largest absolute Gasteiger partial charge is 0.496 e. The number of methoxy groups -OCH3 is 3. The van der Waals surface area contributed by atoms with E-state index >= 15 is 0 Å². The van der Waals surface area contributed by atoms with Crippen molar-refractivity contribution < 1.29 is 23.9 Å². The maximum absolute atomic E-state index is 12.3. The molecule has 0 saturated heterocycles. The minimum absolute atomic E-state index is 0.0178. The minimum atomic E-state index is -0.820. The van der Waals surface area contributed by atoms with E-state index < -0.39 is 16.6 Å². The molecule has 0 spiro atoms. The zero-order valence-corrected chi connectivity index (χ0v) is 13.8. The van der Waals surface area contributed by atoms with E-state index in [1.54, 1.807) is 18.2 Å². The summed E-state index contributed by atoms with van der Waals surface area (Å²) in [7, 11) is 3.96. The van der Waals surface area contributed by atoms with Crippen LogP contribution in [0.2, 0.25) is 0 Å². The average molecular weight is 331 g/mol. The van der Waals surface area contributed by atoms with Crippen molar-refractivity contribution in [1.82, 2.24) is 0 Å². The Balaban J connectivity index is 2.89. The molecule has 0 radical (unpaired) electrons. The Bertz CT molecular complexity index is 800. The summed E-state index contributed by atoms with van der Waals surface area (Å²) in [6.07, 6.45) is 0. The molecule has 126 valence electrons. The van der Waals surface area contributed by atoms with Crippen LogP contribution in [0.15, 0.2) is 30.3 Å². The van der Waals surface area contributed by atoms with E-state index in [1.165, 1.54) is 27.4 Å². The molecule has 0 aliphatic carbocycles. The lowest BCUT2D eigenvalue weighted by atomic mass is 9.95. The van der Waals surface area contributed by atoms with E-state index in [9.17, 15) is 14.9 Å². The summed E-state index contributed by atoms with van der Waals surface area (Å²) in [5.74, 6) is -0.347. The molecule has 2 rings (SSSR count). The number of carbonyl (C=O) groups excluding carboxylic acids is 1. The van der Waals surface area contributed by atoms with Crippen LogP contribution in [0.1, 0.15) is 15.9 Å². The Morgan fingerprint density at radius 1 is 1.00 bits per heavy atom. The van der Waals surface area contributed by atoms with Crippen LogP contribution in [0.4, 0.5) is 5.69 Å². The molecule has 0 unspecified atom stereocenters. The molecule has 0 amide bonds. The molecule has 0 fully saturated rings. The topological polar surface area (TPSA) is 87.9 Å². The molecule has 24 heavy (non-hydrogen) atoms. The third-order valence-electron chi connectivity index (χ3n) is 3.58. The van der Waals surface area contributed by atoms with Crippen LogP contribution in [0.5, 0.6) is 11.5 Å². The van der Waals surface area contributed by atoms with Crippen molar-refractivity contribution in [3.63, 3.8) is 0 Å². The van der Waals surface area contributed by atoms with Crippen LogP contribution >= 0.6 is 0 Å². The first-order chi connectivity index (χ1) is 11.4. The van der Waals surface area contributed by atoms with Gasteiger partial charge in [-0.15, -0.1) is 0 Å². The summed E-state index contributed by atoms with van der Waals surface area (Å²) < 4.78 is 15.1. The van der Waals surface area contributed by atoms with Crippen LogP contribution in [0.3, 0.4) is 0 Å². The van der Waals surface area contributed by atoms with Crippen molar-refractivity contribution in [3.8, 4) is 22.6 Å². The number of aryl methyl sites for hydroxylation is 1. The highest BCUT2D eigenvalue weighted by molar-refractivity contribution is 6.03. The smallest absolute Gasteiger partial charge is 0.345 e. The minimum Gasteiger partial charge on any atom is -0.496 e. The van der Waals surface area contributed by atoms with Crippen molar-refractivity contribution in [2.75, 3.05) is 21.3 Å². The van der Waals surface area contributed by atoms with Gasteiger partial charge in [-0.25, -0.2) is 4.79 Å². The lowest BCUT2D eigenvalue weighted by molar-refractivity contribution is -0.386. The number of nitro groups is 1. The van der Waals surface area contributed by atoms with E-state index in [4.69, 9.17) is 14.2 Å². The van der Waals surface area contributed by atoms with Crippen LogP contribution in [-0.4, -0.2) is 32.2 Å². The molecule has 0 saturated carbocycles. The Labute approximate surface area is 138 Å². The summed E-state index contributed by atoms with van der Waals surface area (Å²) in [5.41, 5.74) is 1.20. The summed E-state index contributed by atoms with van der Waals surface area (Å²) >= 11 is 0. The fourth-order valence-electron chi connectivity index (χ4n) is 2.48. The molecule has 2 aromatic rings. The molecular formula is C17H17NO6. The van der Waals surface area contributed by atoms with Gasteiger partial charge in [-0.05, 0) is 31.2 Å². The SMILES string of the molecule is COC(=O)c1c(-c2cc(C)ccc2OC)ccc(OC)c1[N+](=O)[O-]. The van der Waals surface area contributed by atoms with Gasteiger partial charge in [0.1, 0.15) is 11.3 Å². The highest BCUT2D eigenvalue weighted by Gasteiger charge is 2.31.